The van der Waals surface area contributed by atoms with E-state index in [0.717, 1.165) is 4.90 Å². The molecule has 0 bridgehead atoms. The van der Waals surface area contributed by atoms with Crippen molar-refractivity contribution in [2.24, 2.45) is 0 Å². The standard InChI is InChI=1S/C22H16N2O3/c25-20-14-15-8-4-5-11-17(15)22(27)24(20)19-13-7-6-12-18(19)21(26)23-16-9-2-1-3-10-16/h1-13H,14H2,(H,23,26). The van der Waals surface area contributed by atoms with E-state index in [-0.39, 0.29) is 29.5 Å². The van der Waals surface area contributed by atoms with Gasteiger partial charge in [0.2, 0.25) is 5.91 Å². The van der Waals surface area contributed by atoms with Crippen LogP contribution in [0.4, 0.5) is 11.4 Å². The predicted octanol–water partition coefficient (Wildman–Crippen LogP) is 3.67. The van der Waals surface area contributed by atoms with Gasteiger partial charge < -0.3 is 5.32 Å². The van der Waals surface area contributed by atoms with Crippen LogP contribution in [0.5, 0.6) is 0 Å². The fraction of sp³-hybridized carbons (Fsp3) is 0.0455. The number of imide groups is 1. The van der Waals surface area contributed by atoms with Gasteiger partial charge in [0.25, 0.3) is 11.8 Å². The quantitative estimate of drug-likeness (QED) is 0.728. The fourth-order valence-corrected chi connectivity index (χ4v) is 3.18. The lowest BCUT2D eigenvalue weighted by atomic mass is 9.97. The van der Waals surface area contributed by atoms with Crippen molar-refractivity contribution in [1.82, 2.24) is 0 Å². The van der Waals surface area contributed by atoms with E-state index in [4.69, 9.17) is 0 Å². The molecule has 0 fully saturated rings. The lowest BCUT2D eigenvalue weighted by molar-refractivity contribution is -0.117. The molecular weight excluding hydrogens is 340 g/mol. The lowest BCUT2D eigenvalue weighted by Gasteiger charge is -2.28. The van der Waals surface area contributed by atoms with Crippen molar-refractivity contribution in [3.63, 3.8) is 0 Å². The molecule has 0 atom stereocenters. The summed E-state index contributed by atoms with van der Waals surface area (Å²) in [5, 5.41) is 2.80. The van der Waals surface area contributed by atoms with Crippen LogP contribution in [0.25, 0.3) is 0 Å². The van der Waals surface area contributed by atoms with Gasteiger partial charge in [-0.3, -0.25) is 14.4 Å². The number of fused-ring (bicyclic) bond motifs is 1. The minimum atomic E-state index is -0.415. The van der Waals surface area contributed by atoms with Crippen molar-refractivity contribution in [2.75, 3.05) is 10.2 Å². The van der Waals surface area contributed by atoms with Crippen molar-refractivity contribution >= 4 is 29.1 Å². The first-order valence-electron chi connectivity index (χ1n) is 8.56. The van der Waals surface area contributed by atoms with Gasteiger partial charge in [-0.1, -0.05) is 48.5 Å². The number of hydrogen-bond acceptors (Lipinski definition) is 3. The largest absolute Gasteiger partial charge is 0.322 e. The fourth-order valence-electron chi connectivity index (χ4n) is 3.18. The Morgan fingerprint density at radius 1 is 0.815 bits per heavy atom. The molecule has 1 aliphatic rings. The Kier molecular flexibility index (Phi) is 4.26. The van der Waals surface area contributed by atoms with Gasteiger partial charge in [0, 0.05) is 11.3 Å². The van der Waals surface area contributed by atoms with Crippen molar-refractivity contribution in [3.05, 3.63) is 95.6 Å². The van der Waals surface area contributed by atoms with E-state index < -0.39 is 5.91 Å². The Morgan fingerprint density at radius 3 is 2.30 bits per heavy atom. The highest BCUT2D eigenvalue weighted by Gasteiger charge is 2.33. The minimum Gasteiger partial charge on any atom is -0.322 e. The first-order chi connectivity index (χ1) is 13.1. The van der Waals surface area contributed by atoms with Crippen LogP contribution in [0.2, 0.25) is 0 Å². The zero-order valence-corrected chi connectivity index (χ0v) is 14.4. The SMILES string of the molecule is O=C(Nc1ccccc1)c1ccccc1N1C(=O)Cc2ccccc2C1=O. The van der Waals surface area contributed by atoms with E-state index in [0.29, 0.717) is 16.8 Å². The Hall–Kier alpha value is -3.73. The van der Waals surface area contributed by atoms with Crippen LogP contribution >= 0.6 is 0 Å². The van der Waals surface area contributed by atoms with E-state index in [1.54, 1.807) is 60.7 Å². The third-order valence-corrected chi connectivity index (χ3v) is 4.46. The smallest absolute Gasteiger partial charge is 0.265 e. The number of amides is 3. The van der Waals surface area contributed by atoms with Crippen molar-refractivity contribution in [2.45, 2.75) is 6.42 Å². The number of hydrogen-bond donors (Lipinski definition) is 1. The highest BCUT2D eigenvalue weighted by molar-refractivity contribution is 6.26. The van der Waals surface area contributed by atoms with Crippen LogP contribution in [0.1, 0.15) is 26.3 Å². The van der Waals surface area contributed by atoms with Crippen molar-refractivity contribution < 1.29 is 14.4 Å². The van der Waals surface area contributed by atoms with Crippen LogP contribution in [0, 0.1) is 0 Å². The summed E-state index contributed by atoms with van der Waals surface area (Å²) >= 11 is 0. The molecule has 3 amide bonds. The zero-order valence-electron chi connectivity index (χ0n) is 14.4. The predicted molar refractivity (Wildman–Crippen MR) is 103 cm³/mol. The monoisotopic (exact) mass is 356 g/mol. The number of benzene rings is 3. The molecule has 0 spiro atoms. The molecule has 1 aliphatic heterocycles. The Labute approximate surface area is 156 Å². The third kappa shape index (κ3) is 3.11. The van der Waals surface area contributed by atoms with Gasteiger partial charge in [-0.2, -0.15) is 0 Å². The molecule has 0 saturated heterocycles. The van der Waals surface area contributed by atoms with E-state index in [9.17, 15) is 14.4 Å². The summed E-state index contributed by atoms with van der Waals surface area (Å²) in [6, 6.07) is 22.7. The van der Waals surface area contributed by atoms with Crippen molar-refractivity contribution in [1.29, 1.82) is 0 Å². The lowest BCUT2D eigenvalue weighted by Crippen LogP contribution is -2.43. The van der Waals surface area contributed by atoms with Crippen LogP contribution in [0.3, 0.4) is 0 Å². The number of anilines is 2. The molecule has 5 heteroatoms. The first-order valence-corrected chi connectivity index (χ1v) is 8.56. The molecule has 4 rings (SSSR count). The average molecular weight is 356 g/mol. The molecule has 0 saturated carbocycles. The first kappa shape index (κ1) is 16.7. The molecule has 1 N–H and O–H groups in total. The van der Waals surface area contributed by atoms with Crippen LogP contribution in [0.15, 0.2) is 78.9 Å². The third-order valence-electron chi connectivity index (χ3n) is 4.46. The van der Waals surface area contributed by atoms with Crippen LogP contribution < -0.4 is 10.2 Å². The second-order valence-electron chi connectivity index (χ2n) is 6.21. The molecule has 27 heavy (non-hydrogen) atoms. The summed E-state index contributed by atoms with van der Waals surface area (Å²) in [6.45, 7) is 0. The molecule has 132 valence electrons. The summed E-state index contributed by atoms with van der Waals surface area (Å²) in [5.41, 5.74) is 2.38. The molecule has 0 aliphatic carbocycles. The molecule has 0 unspecified atom stereocenters. The maximum atomic E-state index is 12.9. The van der Waals surface area contributed by atoms with Gasteiger partial charge >= 0.3 is 0 Å². The highest BCUT2D eigenvalue weighted by atomic mass is 16.2. The maximum Gasteiger partial charge on any atom is 0.265 e. The average Bonchev–Trinajstić information content (AvgIpc) is 2.69. The number of rotatable bonds is 3. The zero-order chi connectivity index (χ0) is 18.8. The molecule has 0 aromatic heterocycles. The molecule has 0 radical (unpaired) electrons. The Balaban J connectivity index is 1.72. The number of nitrogens with zero attached hydrogens (tertiary/aromatic N) is 1. The van der Waals surface area contributed by atoms with Gasteiger partial charge in [-0.25, -0.2) is 4.90 Å². The normalized spacial score (nSPS) is 13.3. The molecule has 5 nitrogen and oxygen atoms in total. The van der Waals surface area contributed by atoms with Crippen molar-refractivity contribution in [3.8, 4) is 0 Å². The molecule has 3 aromatic carbocycles. The van der Waals surface area contributed by atoms with Gasteiger partial charge in [0.15, 0.2) is 0 Å². The van der Waals surface area contributed by atoms with E-state index >= 15 is 0 Å². The van der Waals surface area contributed by atoms with E-state index in [1.807, 2.05) is 18.2 Å². The number of para-hydroxylation sites is 2. The van der Waals surface area contributed by atoms with Gasteiger partial charge in [0.1, 0.15) is 0 Å². The summed E-state index contributed by atoms with van der Waals surface area (Å²) in [4.78, 5) is 39.5. The molecule has 3 aromatic rings. The second kappa shape index (κ2) is 6.88. The van der Waals surface area contributed by atoms with Crippen LogP contribution in [-0.4, -0.2) is 17.7 Å². The van der Waals surface area contributed by atoms with Gasteiger partial charge in [-0.05, 0) is 35.9 Å². The van der Waals surface area contributed by atoms with Gasteiger partial charge in [0.05, 0.1) is 17.7 Å². The Bertz CT molecular complexity index is 1040. The number of carbonyl (C=O) groups excluding carboxylic acids is 3. The van der Waals surface area contributed by atoms with Crippen LogP contribution in [-0.2, 0) is 11.2 Å². The van der Waals surface area contributed by atoms with E-state index in [1.165, 1.54) is 0 Å². The van der Waals surface area contributed by atoms with E-state index in [2.05, 4.69) is 5.32 Å². The molecule has 1 heterocycles. The second-order valence-corrected chi connectivity index (χ2v) is 6.21. The Morgan fingerprint density at radius 2 is 1.48 bits per heavy atom. The summed E-state index contributed by atoms with van der Waals surface area (Å²) < 4.78 is 0. The number of nitrogens with one attached hydrogen (secondary N) is 1. The van der Waals surface area contributed by atoms with Gasteiger partial charge in [-0.15, -0.1) is 0 Å². The topological polar surface area (TPSA) is 66.5 Å². The highest BCUT2D eigenvalue weighted by Crippen LogP contribution is 2.28. The number of carbonyl (C=O) groups is 3. The maximum absolute atomic E-state index is 12.9. The summed E-state index contributed by atoms with van der Waals surface area (Å²) in [5.74, 6) is -1.14. The summed E-state index contributed by atoms with van der Waals surface area (Å²) in [7, 11) is 0. The molecular formula is C22H16N2O3. The minimum absolute atomic E-state index is 0.122. The summed E-state index contributed by atoms with van der Waals surface area (Å²) in [6.07, 6.45) is 0.122.